The van der Waals surface area contributed by atoms with Gasteiger partial charge in [0.1, 0.15) is 12.4 Å². The Morgan fingerprint density at radius 1 is 1.20 bits per heavy atom. The van der Waals surface area contributed by atoms with Crippen molar-refractivity contribution in [2.24, 2.45) is 0 Å². The molecule has 25 heavy (non-hydrogen) atoms. The van der Waals surface area contributed by atoms with Crippen LogP contribution in [0.4, 0.5) is 15.8 Å². The Morgan fingerprint density at radius 3 is 2.44 bits per heavy atom. The molecule has 134 valence electrons. The second-order valence-electron chi connectivity index (χ2n) is 6.20. The average molecular weight is 365 g/mol. The lowest BCUT2D eigenvalue weighted by Crippen LogP contribution is -3.11. The van der Waals surface area contributed by atoms with E-state index in [9.17, 15) is 9.18 Å². The second-order valence-corrected chi connectivity index (χ2v) is 6.60. The van der Waals surface area contributed by atoms with Gasteiger partial charge in [-0.25, -0.2) is 4.39 Å². The number of likely N-dealkylation sites (N-methyl/N-ethyl adjacent to an activating group) is 1. The first-order valence-corrected chi connectivity index (χ1v) is 8.61. The SMILES string of the molecule is CC[NH+](CC(=O)Nc1ccc(F)c(Cl)c1)Cc1ccc(N(C)C)cc1. The second kappa shape index (κ2) is 8.83. The van der Waals surface area contributed by atoms with E-state index in [0.29, 0.717) is 12.2 Å². The number of anilines is 2. The minimum Gasteiger partial charge on any atom is -0.378 e. The van der Waals surface area contributed by atoms with E-state index in [0.717, 1.165) is 23.7 Å². The molecule has 0 aliphatic heterocycles. The highest BCUT2D eigenvalue weighted by atomic mass is 35.5. The zero-order valence-corrected chi connectivity index (χ0v) is 15.5. The van der Waals surface area contributed by atoms with Gasteiger partial charge in [0.2, 0.25) is 0 Å². The van der Waals surface area contributed by atoms with E-state index < -0.39 is 5.82 Å². The summed E-state index contributed by atoms with van der Waals surface area (Å²) in [6.45, 7) is 3.97. The summed E-state index contributed by atoms with van der Waals surface area (Å²) in [6, 6.07) is 12.5. The molecule has 0 spiro atoms. The topological polar surface area (TPSA) is 36.8 Å². The number of nitrogens with one attached hydrogen (secondary N) is 2. The molecular weight excluding hydrogens is 341 g/mol. The Kier molecular flexibility index (Phi) is 6.79. The van der Waals surface area contributed by atoms with E-state index in [-0.39, 0.29) is 10.9 Å². The number of halogens is 2. The van der Waals surface area contributed by atoms with Gasteiger partial charge in [-0.2, -0.15) is 0 Å². The quantitative estimate of drug-likeness (QED) is 0.792. The van der Waals surface area contributed by atoms with Gasteiger partial charge in [0.15, 0.2) is 6.54 Å². The summed E-state index contributed by atoms with van der Waals surface area (Å²) in [6.07, 6.45) is 0. The Bertz CT molecular complexity index is 719. The minimum absolute atomic E-state index is 0.00141. The summed E-state index contributed by atoms with van der Waals surface area (Å²) in [5.41, 5.74) is 2.83. The molecule has 4 nitrogen and oxygen atoms in total. The van der Waals surface area contributed by atoms with Gasteiger partial charge in [0.05, 0.1) is 11.6 Å². The van der Waals surface area contributed by atoms with Crippen LogP contribution in [0, 0.1) is 5.82 Å². The highest BCUT2D eigenvalue weighted by Gasteiger charge is 2.14. The van der Waals surface area contributed by atoms with Crippen LogP contribution < -0.4 is 15.1 Å². The Labute approximate surface area is 153 Å². The first-order valence-electron chi connectivity index (χ1n) is 8.23. The lowest BCUT2D eigenvalue weighted by Gasteiger charge is -2.18. The van der Waals surface area contributed by atoms with E-state index in [1.165, 1.54) is 23.8 Å². The first kappa shape index (κ1) is 19.2. The molecular formula is C19H24ClFN3O+. The molecule has 0 radical (unpaired) electrons. The van der Waals surface area contributed by atoms with Crippen LogP contribution in [-0.4, -0.2) is 33.1 Å². The predicted molar refractivity (Wildman–Crippen MR) is 101 cm³/mol. The van der Waals surface area contributed by atoms with Crippen molar-refractivity contribution in [3.63, 3.8) is 0 Å². The fourth-order valence-corrected chi connectivity index (χ4v) is 2.70. The first-order chi connectivity index (χ1) is 11.9. The summed E-state index contributed by atoms with van der Waals surface area (Å²) in [5, 5.41) is 2.77. The molecule has 2 aromatic carbocycles. The van der Waals surface area contributed by atoms with Crippen molar-refractivity contribution in [2.75, 3.05) is 37.4 Å². The summed E-state index contributed by atoms with van der Waals surface area (Å²) >= 11 is 5.74. The molecule has 0 fully saturated rings. The Balaban J connectivity index is 1.93. The lowest BCUT2D eigenvalue weighted by atomic mass is 10.2. The number of nitrogens with zero attached hydrogens (tertiary/aromatic N) is 1. The minimum atomic E-state index is -0.498. The number of quaternary nitrogens is 1. The van der Waals surface area contributed by atoms with Gasteiger partial charge in [-0.05, 0) is 37.3 Å². The molecule has 0 aliphatic carbocycles. The fourth-order valence-electron chi connectivity index (χ4n) is 2.52. The Hall–Kier alpha value is -2.11. The molecule has 6 heteroatoms. The van der Waals surface area contributed by atoms with Gasteiger partial charge in [-0.15, -0.1) is 0 Å². The molecule has 2 N–H and O–H groups in total. The molecule has 1 amide bonds. The molecule has 2 aromatic rings. The molecule has 0 bridgehead atoms. The van der Waals surface area contributed by atoms with Crippen molar-refractivity contribution in [2.45, 2.75) is 13.5 Å². The largest absolute Gasteiger partial charge is 0.378 e. The van der Waals surface area contributed by atoms with Crippen LogP contribution in [0.15, 0.2) is 42.5 Å². The van der Waals surface area contributed by atoms with Crippen LogP contribution in [0.1, 0.15) is 12.5 Å². The molecule has 0 saturated carbocycles. The standard InChI is InChI=1S/C19H23ClFN3O/c1-4-24(12-14-5-8-16(9-6-14)23(2)3)13-19(25)22-15-7-10-18(21)17(20)11-15/h5-11H,4,12-13H2,1-3H3,(H,22,25)/p+1. The number of carbonyl (C=O) groups is 1. The highest BCUT2D eigenvalue weighted by Crippen LogP contribution is 2.19. The maximum absolute atomic E-state index is 13.2. The van der Waals surface area contributed by atoms with Crippen LogP contribution in [0.5, 0.6) is 0 Å². The molecule has 1 unspecified atom stereocenters. The normalized spacial score (nSPS) is 11.9. The van der Waals surface area contributed by atoms with Gasteiger partial charge < -0.3 is 15.1 Å². The molecule has 0 aromatic heterocycles. The maximum Gasteiger partial charge on any atom is 0.279 e. The van der Waals surface area contributed by atoms with Crippen molar-refractivity contribution < 1.29 is 14.1 Å². The third-order valence-corrected chi connectivity index (χ3v) is 4.31. The van der Waals surface area contributed by atoms with Crippen LogP contribution in [0.25, 0.3) is 0 Å². The summed E-state index contributed by atoms with van der Waals surface area (Å²) in [7, 11) is 4.01. The molecule has 2 rings (SSSR count). The number of rotatable bonds is 7. The number of benzene rings is 2. The van der Waals surface area contributed by atoms with Crippen molar-refractivity contribution in [3.05, 3.63) is 58.9 Å². The lowest BCUT2D eigenvalue weighted by molar-refractivity contribution is -0.903. The van der Waals surface area contributed by atoms with Gasteiger partial charge >= 0.3 is 0 Å². The summed E-state index contributed by atoms with van der Waals surface area (Å²) < 4.78 is 13.2. The van der Waals surface area contributed by atoms with Gasteiger partial charge in [-0.1, -0.05) is 23.7 Å². The molecule has 0 aliphatic rings. The maximum atomic E-state index is 13.2. The van der Waals surface area contributed by atoms with Crippen LogP contribution in [0.2, 0.25) is 5.02 Å². The van der Waals surface area contributed by atoms with Crippen LogP contribution in [-0.2, 0) is 11.3 Å². The zero-order chi connectivity index (χ0) is 18.4. The van der Waals surface area contributed by atoms with Gasteiger partial charge in [-0.3, -0.25) is 4.79 Å². The highest BCUT2D eigenvalue weighted by molar-refractivity contribution is 6.31. The fraction of sp³-hybridized carbons (Fsp3) is 0.316. The zero-order valence-electron chi connectivity index (χ0n) is 14.8. The van der Waals surface area contributed by atoms with E-state index in [2.05, 4.69) is 34.5 Å². The third-order valence-electron chi connectivity index (χ3n) is 4.02. The number of hydrogen-bond acceptors (Lipinski definition) is 2. The monoisotopic (exact) mass is 364 g/mol. The van der Waals surface area contributed by atoms with Gasteiger partial charge in [0, 0.05) is 31.0 Å². The molecule has 0 heterocycles. The number of amides is 1. The van der Waals surface area contributed by atoms with Crippen molar-refractivity contribution in [1.29, 1.82) is 0 Å². The average Bonchev–Trinajstić information content (AvgIpc) is 2.58. The number of carbonyl (C=O) groups excluding carboxylic acids is 1. The molecule has 0 saturated heterocycles. The smallest absolute Gasteiger partial charge is 0.279 e. The van der Waals surface area contributed by atoms with Crippen molar-refractivity contribution in [1.82, 2.24) is 0 Å². The third kappa shape index (κ3) is 5.73. The number of hydrogen-bond donors (Lipinski definition) is 2. The van der Waals surface area contributed by atoms with Gasteiger partial charge in [0.25, 0.3) is 5.91 Å². The van der Waals surface area contributed by atoms with E-state index in [1.54, 1.807) is 0 Å². The van der Waals surface area contributed by atoms with Crippen LogP contribution >= 0.6 is 11.6 Å². The molecule has 1 atom stereocenters. The van der Waals surface area contributed by atoms with Crippen molar-refractivity contribution >= 4 is 28.9 Å². The summed E-state index contributed by atoms with van der Waals surface area (Å²) in [5.74, 6) is -0.619. The van der Waals surface area contributed by atoms with Crippen molar-refractivity contribution in [3.8, 4) is 0 Å². The Morgan fingerprint density at radius 2 is 1.88 bits per heavy atom. The van der Waals surface area contributed by atoms with Crippen LogP contribution in [0.3, 0.4) is 0 Å². The predicted octanol–water partition coefficient (Wildman–Crippen LogP) is 2.59. The van der Waals surface area contributed by atoms with E-state index in [4.69, 9.17) is 11.6 Å². The summed E-state index contributed by atoms with van der Waals surface area (Å²) in [4.78, 5) is 15.4. The van der Waals surface area contributed by atoms with E-state index >= 15 is 0 Å². The van der Waals surface area contributed by atoms with E-state index in [1.807, 2.05) is 21.0 Å².